The predicted octanol–water partition coefficient (Wildman–Crippen LogP) is 3.11. The molecular weight excluding hydrogens is 378 g/mol. The fraction of sp³-hybridized carbons (Fsp3) is 0.294. The second-order valence-corrected chi connectivity index (χ2v) is 8.33. The summed E-state index contributed by atoms with van der Waals surface area (Å²) >= 11 is 3.23. The molecule has 1 atom stereocenters. The van der Waals surface area contributed by atoms with Gasteiger partial charge in [-0.15, -0.1) is 0 Å². The minimum atomic E-state index is -3.66. The summed E-state index contributed by atoms with van der Waals surface area (Å²) in [7, 11) is -3.66. The monoisotopic (exact) mass is 397 g/mol. The smallest absolute Gasteiger partial charge is 0.241 e. The average Bonchev–Trinajstić information content (AvgIpc) is 2.53. The number of aliphatic hydroxyl groups is 1. The van der Waals surface area contributed by atoms with Crippen molar-refractivity contribution in [3.63, 3.8) is 0 Å². The number of nitrogens with one attached hydrogen (secondary N) is 1. The van der Waals surface area contributed by atoms with E-state index in [1.54, 1.807) is 25.1 Å². The van der Waals surface area contributed by atoms with Gasteiger partial charge < -0.3 is 5.11 Å². The molecule has 23 heavy (non-hydrogen) atoms. The zero-order valence-electron chi connectivity index (χ0n) is 12.9. The van der Waals surface area contributed by atoms with Gasteiger partial charge in [0, 0.05) is 11.0 Å². The van der Waals surface area contributed by atoms with Crippen LogP contribution in [0.5, 0.6) is 0 Å². The summed E-state index contributed by atoms with van der Waals surface area (Å²) in [6.45, 7) is 1.60. The van der Waals surface area contributed by atoms with E-state index in [1.165, 1.54) is 6.07 Å². The summed E-state index contributed by atoms with van der Waals surface area (Å²) in [5, 5.41) is 10.4. The van der Waals surface area contributed by atoms with Crippen molar-refractivity contribution in [2.45, 2.75) is 30.3 Å². The molecule has 0 saturated heterocycles. The molecule has 0 spiro atoms. The highest BCUT2D eigenvalue weighted by atomic mass is 79.9. The maximum atomic E-state index is 12.3. The van der Waals surface area contributed by atoms with E-state index in [9.17, 15) is 13.5 Å². The van der Waals surface area contributed by atoms with Gasteiger partial charge in [-0.3, -0.25) is 0 Å². The highest BCUT2D eigenvalue weighted by Gasteiger charge is 2.25. The molecule has 124 valence electrons. The summed E-state index contributed by atoms with van der Waals surface area (Å²) in [4.78, 5) is 0.166. The molecule has 2 N–H and O–H groups in total. The lowest BCUT2D eigenvalue weighted by atomic mass is 9.97. The number of halogens is 1. The first-order valence-electron chi connectivity index (χ1n) is 7.31. The first-order valence-corrected chi connectivity index (χ1v) is 9.58. The Labute approximate surface area is 145 Å². The summed E-state index contributed by atoms with van der Waals surface area (Å²) in [5.41, 5.74) is -0.00842. The van der Waals surface area contributed by atoms with Gasteiger partial charge >= 0.3 is 0 Å². The van der Waals surface area contributed by atoms with Crippen molar-refractivity contribution in [3.8, 4) is 0 Å². The molecule has 1 unspecified atom stereocenters. The van der Waals surface area contributed by atoms with Gasteiger partial charge in [-0.1, -0.05) is 42.5 Å². The minimum Gasteiger partial charge on any atom is -0.389 e. The normalized spacial score (nSPS) is 14.4. The molecule has 0 radical (unpaired) electrons. The van der Waals surface area contributed by atoms with Crippen molar-refractivity contribution >= 4 is 26.0 Å². The Morgan fingerprint density at radius 1 is 1.09 bits per heavy atom. The molecule has 2 aromatic carbocycles. The zero-order valence-corrected chi connectivity index (χ0v) is 15.3. The van der Waals surface area contributed by atoms with Gasteiger partial charge in [-0.25, -0.2) is 13.1 Å². The highest BCUT2D eigenvalue weighted by molar-refractivity contribution is 9.10. The molecule has 0 amide bonds. The molecule has 0 aromatic heterocycles. The van der Waals surface area contributed by atoms with Crippen molar-refractivity contribution in [1.82, 2.24) is 4.72 Å². The maximum Gasteiger partial charge on any atom is 0.241 e. The Morgan fingerprint density at radius 3 is 2.35 bits per heavy atom. The van der Waals surface area contributed by atoms with Crippen molar-refractivity contribution in [1.29, 1.82) is 0 Å². The van der Waals surface area contributed by atoms with E-state index in [-0.39, 0.29) is 11.4 Å². The molecule has 2 aromatic rings. The van der Waals surface area contributed by atoms with Crippen LogP contribution in [0.1, 0.15) is 18.9 Å². The second kappa shape index (κ2) is 7.57. The molecule has 0 aliphatic heterocycles. The van der Waals surface area contributed by atoms with Crippen LogP contribution >= 0.6 is 15.9 Å². The topological polar surface area (TPSA) is 66.4 Å². The molecule has 0 aliphatic rings. The van der Waals surface area contributed by atoms with Gasteiger partial charge in [0.2, 0.25) is 10.0 Å². The molecular formula is C17H20BrNO3S. The number of aryl methyl sites for hydroxylation is 1. The maximum absolute atomic E-state index is 12.3. The van der Waals surface area contributed by atoms with Crippen LogP contribution in [0, 0.1) is 0 Å². The molecule has 0 aliphatic carbocycles. The number of rotatable bonds is 7. The number of hydrogen-bond donors (Lipinski definition) is 2. The van der Waals surface area contributed by atoms with Crippen molar-refractivity contribution in [2.24, 2.45) is 0 Å². The van der Waals surface area contributed by atoms with Crippen LogP contribution in [-0.2, 0) is 16.4 Å². The van der Waals surface area contributed by atoms with Crippen molar-refractivity contribution in [2.75, 3.05) is 6.54 Å². The Balaban J connectivity index is 1.97. The fourth-order valence-electron chi connectivity index (χ4n) is 2.14. The molecule has 0 bridgehead atoms. The first kappa shape index (κ1) is 18.1. The summed E-state index contributed by atoms with van der Waals surface area (Å²) in [6.07, 6.45) is 1.15. The van der Waals surface area contributed by atoms with E-state index in [4.69, 9.17) is 0 Å². The quantitative estimate of drug-likeness (QED) is 0.753. The van der Waals surface area contributed by atoms with Crippen molar-refractivity contribution < 1.29 is 13.5 Å². The Kier molecular flexibility index (Phi) is 5.97. The molecule has 0 saturated carbocycles. The van der Waals surface area contributed by atoms with Crippen LogP contribution in [0.2, 0.25) is 0 Å². The molecule has 0 heterocycles. The van der Waals surface area contributed by atoms with Crippen LogP contribution in [0.4, 0.5) is 0 Å². The lowest BCUT2D eigenvalue weighted by Crippen LogP contribution is -2.41. The number of sulfonamides is 1. The van der Waals surface area contributed by atoms with Crippen molar-refractivity contribution in [3.05, 3.63) is 64.6 Å². The molecule has 2 rings (SSSR count). The summed E-state index contributed by atoms with van der Waals surface area (Å²) in [6, 6.07) is 16.4. The first-order chi connectivity index (χ1) is 10.8. The minimum absolute atomic E-state index is 0.0382. The fourth-order valence-corrected chi connectivity index (χ4v) is 4.30. The number of benzene rings is 2. The van der Waals surface area contributed by atoms with E-state index in [1.807, 2.05) is 30.3 Å². The lowest BCUT2D eigenvalue weighted by Gasteiger charge is -2.24. The van der Waals surface area contributed by atoms with E-state index >= 15 is 0 Å². The summed E-state index contributed by atoms with van der Waals surface area (Å²) < 4.78 is 27.6. The average molecular weight is 398 g/mol. The Hall–Kier alpha value is -1.21. The van der Waals surface area contributed by atoms with Gasteiger partial charge in [0.15, 0.2) is 0 Å². The van der Waals surface area contributed by atoms with Gasteiger partial charge in [0.1, 0.15) is 0 Å². The SMILES string of the molecule is CC(O)(CCc1ccccc1)CNS(=O)(=O)c1ccccc1Br. The Bertz CT molecular complexity index is 745. The lowest BCUT2D eigenvalue weighted by molar-refractivity contribution is 0.0565. The predicted molar refractivity (Wildman–Crippen MR) is 94.7 cm³/mol. The van der Waals surface area contributed by atoms with E-state index in [2.05, 4.69) is 20.7 Å². The van der Waals surface area contributed by atoms with Crippen LogP contribution in [0.25, 0.3) is 0 Å². The largest absolute Gasteiger partial charge is 0.389 e. The zero-order chi connectivity index (χ0) is 16.9. The van der Waals surface area contributed by atoms with Crippen LogP contribution in [0.15, 0.2) is 64.0 Å². The third-order valence-corrected chi connectivity index (χ3v) is 5.98. The third kappa shape index (κ3) is 5.42. The van der Waals surface area contributed by atoms with Gasteiger partial charge in [0.25, 0.3) is 0 Å². The highest BCUT2D eigenvalue weighted by Crippen LogP contribution is 2.21. The van der Waals surface area contributed by atoms with Crippen LogP contribution < -0.4 is 4.72 Å². The standard InChI is InChI=1S/C17H20BrNO3S/c1-17(20,12-11-14-7-3-2-4-8-14)13-19-23(21,22)16-10-6-5-9-15(16)18/h2-10,19-20H,11-13H2,1H3. The summed E-state index contributed by atoms with van der Waals surface area (Å²) in [5.74, 6) is 0. The van der Waals surface area contributed by atoms with Gasteiger partial charge in [0.05, 0.1) is 10.5 Å². The molecule has 6 heteroatoms. The van der Waals surface area contributed by atoms with E-state index < -0.39 is 15.6 Å². The van der Waals surface area contributed by atoms with Gasteiger partial charge in [-0.05, 0) is 53.4 Å². The van der Waals surface area contributed by atoms with E-state index in [0.717, 1.165) is 5.56 Å². The third-order valence-electron chi connectivity index (χ3n) is 3.56. The molecule has 4 nitrogen and oxygen atoms in total. The Morgan fingerprint density at radius 2 is 1.70 bits per heavy atom. The van der Waals surface area contributed by atoms with Gasteiger partial charge in [-0.2, -0.15) is 0 Å². The number of hydrogen-bond acceptors (Lipinski definition) is 3. The van der Waals surface area contributed by atoms with Crippen LogP contribution in [-0.4, -0.2) is 25.7 Å². The molecule has 0 fully saturated rings. The second-order valence-electron chi connectivity index (χ2n) is 5.74. The van der Waals surface area contributed by atoms with Crippen LogP contribution in [0.3, 0.4) is 0 Å². The van der Waals surface area contributed by atoms with E-state index in [0.29, 0.717) is 17.3 Å².